The van der Waals surface area contributed by atoms with Crippen molar-refractivity contribution in [3.63, 3.8) is 0 Å². The smallest absolute Gasteiger partial charge is 0.0961 e. The molecule has 4 nitrogen and oxygen atoms in total. The second kappa shape index (κ2) is 3.33. The lowest BCUT2D eigenvalue weighted by Gasteiger charge is -2.06. The highest BCUT2D eigenvalue weighted by molar-refractivity contribution is 5.87. The van der Waals surface area contributed by atoms with Gasteiger partial charge in [0.15, 0.2) is 0 Å². The van der Waals surface area contributed by atoms with Gasteiger partial charge >= 0.3 is 0 Å². The number of nitrogens with zero attached hydrogens (tertiary/aromatic N) is 2. The van der Waals surface area contributed by atoms with Crippen LogP contribution < -0.4 is 5.73 Å². The Bertz CT molecular complexity index is 551. The van der Waals surface area contributed by atoms with Gasteiger partial charge in [0.2, 0.25) is 0 Å². The summed E-state index contributed by atoms with van der Waals surface area (Å²) in [6.07, 6.45) is 4.89. The Labute approximate surface area is 93.6 Å². The maximum Gasteiger partial charge on any atom is 0.0961 e. The minimum atomic E-state index is 0.205. The molecule has 1 aliphatic carbocycles. The van der Waals surface area contributed by atoms with Crippen molar-refractivity contribution >= 4 is 16.9 Å². The predicted molar refractivity (Wildman–Crippen MR) is 63.6 cm³/mol. The third-order valence-electron chi connectivity index (χ3n) is 3.00. The van der Waals surface area contributed by atoms with Crippen LogP contribution in [0.1, 0.15) is 24.4 Å². The summed E-state index contributed by atoms with van der Waals surface area (Å²) in [6.45, 7) is 0. The number of aromatic nitrogens is 2. The number of rotatable bonds is 3. The van der Waals surface area contributed by atoms with Crippen LogP contribution in [0.3, 0.4) is 0 Å². The maximum atomic E-state index is 7.40. The van der Waals surface area contributed by atoms with Crippen molar-refractivity contribution in [1.82, 2.24) is 9.55 Å². The monoisotopic (exact) mass is 214 g/mol. The fraction of sp³-hybridized carbons (Fsp3) is 0.333. The second-order valence-electron chi connectivity index (χ2n) is 4.37. The van der Waals surface area contributed by atoms with E-state index in [-0.39, 0.29) is 5.84 Å². The van der Waals surface area contributed by atoms with E-state index in [1.54, 1.807) is 0 Å². The van der Waals surface area contributed by atoms with Crippen LogP contribution in [0.15, 0.2) is 24.5 Å². The van der Waals surface area contributed by atoms with Crippen LogP contribution in [0, 0.1) is 5.41 Å². The molecular formula is C12H14N4. The number of para-hydroxylation sites is 1. The Morgan fingerprint density at radius 1 is 1.50 bits per heavy atom. The van der Waals surface area contributed by atoms with Crippen LogP contribution in [0.5, 0.6) is 0 Å². The first-order valence-electron chi connectivity index (χ1n) is 5.53. The Hall–Kier alpha value is -1.84. The average molecular weight is 214 g/mol. The summed E-state index contributed by atoms with van der Waals surface area (Å²) in [6, 6.07) is 6.63. The van der Waals surface area contributed by atoms with Gasteiger partial charge in [-0.3, -0.25) is 5.41 Å². The zero-order chi connectivity index (χ0) is 11.1. The minimum Gasteiger partial charge on any atom is -0.387 e. The fourth-order valence-corrected chi connectivity index (χ4v) is 2.14. The summed E-state index contributed by atoms with van der Waals surface area (Å²) in [4.78, 5) is 4.40. The number of fused-ring (bicyclic) bond motifs is 1. The maximum absolute atomic E-state index is 7.40. The number of imidazole rings is 1. The van der Waals surface area contributed by atoms with Crippen molar-refractivity contribution in [2.45, 2.75) is 25.3 Å². The van der Waals surface area contributed by atoms with Gasteiger partial charge in [-0.05, 0) is 24.5 Å². The molecular weight excluding hydrogens is 200 g/mol. The van der Waals surface area contributed by atoms with E-state index in [0.29, 0.717) is 12.5 Å². The molecule has 0 amide bonds. The van der Waals surface area contributed by atoms with E-state index in [1.807, 2.05) is 24.5 Å². The molecule has 0 radical (unpaired) electrons. The lowest BCUT2D eigenvalue weighted by molar-refractivity contribution is 0.763. The number of amidine groups is 1. The Morgan fingerprint density at radius 2 is 2.31 bits per heavy atom. The van der Waals surface area contributed by atoms with Crippen LogP contribution in [-0.2, 0) is 6.42 Å². The molecule has 1 aliphatic rings. The first-order chi connectivity index (χ1) is 7.75. The molecule has 0 saturated heterocycles. The van der Waals surface area contributed by atoms with E-state index in [1.165, 1.54) is 12.8 Å². The highest BCUT2D eigenvalue weighted by Crippen LogP contribution is 2.37. The summed E-state index contributed by atoms with van der Waals surface area (Å²) >= 11 is 0. The molecule has 82 valence electrons. The predicted octanol–water partition coefficient (Wildman–Crippen LogP) is 1.85. The van der Waals surface area contributed by atoms with E-state index >= 15 is 0 Å². The summed E-state index contributed by atoms with van der Waals surface area (Å²) in [5, 5.41) is 7.40. The first kappa shape index (κ1) is 9.39. The first-order valence-corrected chi connectivity index (χ1v) is 5.53. The molecule has 4 heteroatoms. The Kier molecular flexibility index (Phi) is 1.96. The van der Waals surface area contributed by atoms with Gasteiger partial charge in [-0.15, -0.1) is 0 Å². The van der Waals surface area contributed by atoms with Gasteiger partial charge in [0.05, 0.1) is 23.2 Å². The molecule has 1 fully saturated rings. The molecule has 0 bridgehead atoms. The van der Waals surface area contributed by atoms with Crippen molar-refractivity contribution in [2.75, 3.05) is 0 Å². The number of nitrogens with one attached hydrogen (secondary N) is 1. The molecule has 0 spiro atoms. The van der Waals surface area contributed by atoms with Gasteiger partial charge in [-0.2, -0.15) is 0 Å². The summed E-state index contributed by atoms with van der Waals surface area (Å²) in [7, 11) is 0. The lowest BCUT2D eigenvalue weighted by Crippen LogP contribution is -2.13. The molecule has 0 atom stereocenters. The molecule has 0 aliphatic heterocycles. The molecule has 0 unspecified atom stereocenters. The average Bonchev–Trinajstić information content (AvgIpc) is 2.98. The summed E-state index contributed by atoms with van der Waals surface area (Å²) in [5.41, 5.74) is 8.74. The van der Waals surface area contributed by atoms with E-state index in [2.05, 4.69) is 9.55 Å². The quantitative estimate of drug-likeness (QED) is 0.604. The summed E-state index contributed by atoms with van der Waals surface area (Å²) < 4.78 is 2.23. The molecule has 1 saturated carbocycles. The van der Waals surface area contributed by atoms with E-state index in [9.17, 15) is 0 Å². The van der Waals surface area contributed by atoms with Crippen molar-refractivity contribution < 1.29 is 0 Å². The van der Waals surface area contributed by atoms with Crippen LogP contribution in [-0.4, -0.2) is 15.4 Å². The van der Waals surface area contributed by atoms with E-state index in [0.717, 1.165) is 16.6 Å². The van der Waals surface area contributed by atoms with Crippen LogP contribution in [0.2, 0.25) is 0 Å². The molecule has 1 heterocycles. The second-order valence-corrected chi connectivity index (χ2v) is 4.37. The topological polar surface area (TPSA) is 67.7 Å². The largest absolute Gasteiger partial charge is 0.387 e. The van der Waals surface area contributed by atoms with Crippen molar-refractivity contribution in [3.05, 3.63) is 30.1 Å². The Morgan fingerprint density at radius 3 is 3.00 bits per heavy atom. The van der Waals surface area contributed by atoms with Gasteiger partial charge in [0, 0.05) is 12.5 Å². The standard InChI is InChI=1S/C12H14N4/c13-11(14)6-8-2-1-3-10-12(8)16(7-15-10)9-4-5-9/h1-3,7,9H,4-6H2,(H3,13,14). The number of benzene rings is 1. The van der Waals surface area contributed by atoms with E-state index < -0.39 is 0 Å². The molecule has 2 aromatic rings. The molecule has 1 aromatic carbocycles. The SMILES string of the molecule is N=C(N)Cc1cccc2ncn(C3CC3)c12. The van der Waals surface area contributed by atoms with Crippen molar-refractivity contribution in [3.8, 4) is 0 Å². The third kappa shape index (κ3) is 1.46. The van der Waals surface area contributed by atoms with Crippen LogP contribution in [0.4, 0.5) is 0 Å². The summed E-state index contributed by atoms with van der Waals surface area (Å²) in [5.74, 6) is 0.205. The van der Waals surface area contributed by atoms with Crippen molar-refractivity contribution in [2.24, 2.45) is 5.73 Å². The van der Waals surface area contributed by atoms with Crippen molar-refractivity contribution in [1.29, 1.82) is 5.41 Å². The molecule has 3 N–H and O–H groups in total. The van der Waals surface area contributed by atoms with E-state index in [4.69, 9.17) is 11.1 Å². The highest BCUT2D eigenvalue weighted by Gasteiger charge is 2.25. The lowest BCUT2D eigenvalue weighted by atomic mass is 10.1. The third-order valence-corrected chi connectivity index (χ3v) is 3.00. The number of nitrogens with two attached hydrogens (primary N) is 1. The van der Waals surface area contributed by atoms with Gasteiger partial charge in [-0.25, -0.2) is 4.98 Å². The molecule has 1 aromatic heterocycles. The highest BCUT2D eigenvalue weighted by atomic mass is 15.1. The zero-order valence-electron chi connectivity index (χ0n) is 8.98. The number of hydrogen-bond donors (Lipinski definition) is 2. The van der Waals surface area contributed by atoms with Gasteiger partial charge in [-0.1, -0.05) is 12.1 Å². The zero-order valence-corrected chi connectivity index (χ0v) is 8.98. The van der Waals surface area contributed by atoms with Gasteiger partial charge in [0.1, 0.15) is 0 Å². The van der Waals surface area contributed by atoms with Crippen LogP contribution >= 0.6 is 0 Å². The van der Waals surface area contributed by atoms with Gasteiger partial charge < -0.3 is 10.3 Å². The normalized spacial score (nSPS) is 15.5. The minimum absolute atomic E-state index is 0.205. The molecule has 3 rings (SSSR count). The fourth-order valence-electron chi connectivity index (χ4n) is 2.14. The molecule has 16 heavy (non-hydrogen) atoms. The van der Waals surface area contributed by atoms with Crippen LogP contribution in [0.25, 0.3) is 11.0 Å². The van der Waals surface area contributed by atoms with Gasteiger partial charge in [0.25, 0.3) is 0 Å². The number of hydrogen-bond acceptors (Lipinski definition) is 2. The Balaban J connectivity index is 2.17.